The standard InChI is InChI=1S/C29H39F4N5O/c1-8-20-16-25(22-10-9-18(4)24(30)15-22)38(6,7)37-26(20)35-28(34-19(5)17(2)3)36-27(39)21-11-13-23(14-12-21)29(31,32)33/h9-15,17,19,25,28,34-35,37H,8,16H2,1-7H3/p+1. The molecular weight excluding hydrogens is 510 g/mol. The topological polar surface area (TPSA) is 65.2 Å². The van der Waals surface area contributed by atoms with E-state index in [1.807, 2.05) is 47.9 Å². The number of nitrogens with zero attached hydrogens (tertiary/aromatic N) is 1. The minimum atomic E-state index is -4.48. The first-order chi connectivity index (χ1) is 18.1. The summed E-state index contributed by atoms with van der Waals surface area (Å²) >= 11 is 0. The fourth-order valence-electron chi connectivity index (χ4n) is 4.52. The summed E-state index contributed by atoms with van der Waals surface area (Å²) in [7, 11) is 3.99. The molecular formula is C29H40F4N5O+. The lowest BCUT2D eigenvalue weighted by molar-refractivity contribution is -0.961. The highest BCUT2D eigenvalue weighted by Gasteiger charge is 2.38. The van der Waals surface area contributed by atoms with Gasteiger partial charge in [0.15, 0.2) is 6.29 Å². The number of benzene rings is 2. The van der Waals surface area contributed by atoms with E-state index in [0.29, 0.717) is 16.6 Å². The first kappa shape index (κ1) is 30.4. The number of aryl methyl sites for hydroxylation is 1. The smallest absolute Gasteiger partial charge is 0.336 e. The number of quaternary nitrogens is 1. The Kier molecular flexibility index (Phi) is 9.33. The van der Waals surface area contributed by atoms with Crippen molar-refractivity contribution in [1.29, 1.82) is 0 Å². The maximum atomic E-state index is 14.4. The normalized spacial score (nSPS) is 18.9. The van der Waals surface area contributed by atoms with Crippen molar-refractivity contribution in [3.8, 4) is 0 Å². The van der Waals surface area contributed by atoms with Gasteiger partial charge in [-0.15, -0.1) is 0 Å². The van der Waals surface area contributed by atoms with Gasteiger partial charge in [-0.25, -0.2) is 14.4 Å². The Bertz CT molecular complexity index is 1190. The fourth-order valence-corrected chi connectivity index (χ4v) is 4.52. The highest BCUT2D eigenvalue weighted by atomic mass is 19.4. The summed E-state index contributed by atoms with van der Waals surface area (Å²) in [6, 6.07) is 9.44. The number of hydrogen-bond donors (Lipinski definition) is 4. The van der Waals surface area contributed by atoms with E-state index in [0.717, 1.165) is 35.5 Å². The van der Waals surface area contributed by atoms with Crippen molar-refractivity contribution in [3.05, 3.63) is 81.9 Å². The van der Waals surface area contributed by atoms with Gasteiger partial charge in [0.2, 0.25) is 0 Å². The molecule has 10 heteroatoms. The Morgan fingerprint density at radius 3 is 2.28 bits per heavy atom. The summed E-state index contributed by atoms with van der Waals surface area (Å²) in [6.45, 7) is 9.87. The predicted molar refractivity (Wildman–Crippen MR) is 144 cm³/mol. The summed E-state index contributed by atoms with van der Waals surface area (Å²) in [5.74, 6) is 0.244. The third kappa shape index (κ3) is 7.51. The third-order valence-electron chi connectivity index (χ3n) is 7.45. The van der Waals surface area contributed by atoms with Crippen LogP contribution in [0.1, 0.15) is 73.6 Å². The van der Waals surface area contributed by atoms with Gasteiger partial charge in [-0.05, 0) is 67.7 Å². The van der Waals surface area contributed by atoms with Crippen molar-refractivity contribution in [3.63, 3.8) is 0 Å². The van der Waals surface area contributed by atoms with Gasteiger partial charge in [-0.2, -0.15) is 13.2 Å². The van der Waals surface area contributed by atoms with Gasteiger partial charge in [0.1, 0.15) is 17.7 Å². The number of amides is 1. The van der Waals surface area contributed by atoms with Crippen LogP contribution >= 0.6 is 0 Å². The highest BCUT2D eigenvalue weighted by Crippen LogP contribution is 2.36. The molecule has 2 aromatic carbocycles. The molecule has 0 aliphatic carbocycles. The monoisotopic (exact) mass is 550 g/mol. The molecule has 1 aliphatic heterocycles. The molecule has 3 unspecified atom stereocenters. The molecule has 1 amide bonds. The van der Waals surface area contributed by atoms with E-state index in [2.05, 4.69) is 21.4 Å². The van der Waals surface area contributed by atoms with Gasteiger partial charge >= 0.3 is 6.18 Å². The third-order valence-corrected chi connectivity index (χ3v) is 7.45. The van der Waals surface area contributed by atoms with E-state index in [4.69, 9.17) is 0 Å². The molecule has 0 radical (unpaired) electrons. The fraction of sp³-hybridized carbons (Fsp3) is 0.483. The van der Waals surface area contributed by atoms with Gasteiger partial charge in [-0.1, -0.05) is 32.9 Å². The number of halogens is 4. The van der Waals surface area contributed by atoms with Crippen molar-refractivity contribution in [2.75, 3.05) is 14.1 Å². The van der Waals surface area contributed by atoms with Crippen molar-refractivity contribution in [1.82, 2.24) is 21.4 Å². The zero-order chi connectivity index (χ0) is 29.1. The first-order valence-corrected chi connectivity index (χ1v) is 13.2. The Balaban J connectivity index is 1.87. The molecule has 0 saturated heterocycles. The SMILES string of the molecule is CCC1=C(NC(NC(=O)c2ccc(C(F)(F)F)cc2)NC(C)C(C)C)N[N+](C)(C)C(c2ccc(C)c(F)c2)C1. The Labute approximate surface area is 228 Å². The van der Waals surface area contributed by atoms with Crippen molar-refractivity contribution in [2.24, 2.45) is 5.92 Å². The second-order valence-corrected chi connectivity index (χ2v) is 11.0. The minimum Gasteiger partial charge on any atom is -0.336 e. The Morgan fingerprint density at radius 1 is 1.10 bits per heavy atom. The summed E-state index contributed by atoms with van der Waals surface area (Å²) in [6.07, 6.45) is -3.80. The average molecular weight is 551 g/mol. The zero-order valence-corrected chi connectivity index (χ0v) is 23.6. The molecule has 0 saturated carbocycles. The number of carbonyl (C=O) groups is 1. The van der Waals surface area contributed by atoms with Gasteiger partial charge in [-0.3, -0.25) is 10.1 Å². The van der Waals surface area contributed by atoms with Crippen LogP contribution in [0.3, 0.4) is 0 Å². The number of carbonyl (C=O) groups excluding carboxylic acids is 1. The summed E-state index contributed by atoms with van der Waals surface area (Å²) in [5.41, 5.74) is 5.38. The lowest BCUT2D eigenvalue weighted by Crippen LogP contribution is -2.63. The summed E-state index contributed by atoms with van der Waals surface area (Å²) < 4.78 is 53.6. The number of hydrogen-bond acceptors (Lipinski definition) is 4. The molecule has 2 aromatic rings. The van der Waals surface area contributed by atoms with E-state index in [1.54, 1.807) is 19.1 Å². The van der Waals surface area contributed by atoms with Crippen LogP contribution in [0, 0.1) is 18.7 Å². The lowest BCUT2D eigenvalue weighted by Gasteiger charge is -2.44. The van der Waals surface area contributed by atoms with Crippen molar-refractivity contribution >= 4 is 5.91 Å². The molecule has 0 spiro atoms. The summed E-state index contributed by atoms with van der Waals surface area (Å²) in [4.78, 5) is 13.0. The van der Waals surface area contributed by atoms with Gasteiger partial charge in [0.25, 0.3) is 5.91 Å². The molecule has 1 heterocycles. The lowest BCUT2D eigenvalue weighted by atomic mass is 9.93. The van der Waals surface area contributed by atoms with E-state index < -0.39 is 23.9 Å². The Morgan fingerprint density at radius 2 is 1.74 bits per heavy atom. The zero-order valence-electron chi connectivity index (χ0n) is 23.6. The van der Waals surface area contributed by atoms with Crippen LogP contribution in [0.5, 0.6) is 0 Å². The van der Waals surface area contributed by atoms with E-state index in [9.17, 15) is 22.4 Å². The van der Waals surface area contributed by atoms with Crippen LogP contribution in [0.4, 0.5) is 17.6 Å². The molecule has 4 N–H and O–H groups in total. The Hall–Kier alpha value is -3.11. The largest absolute Gasteiger partial charge is 0.416 e. The molecule has 6 nitrogen and oxygen atoms in total. The maximum absolute atomic E-state index is 14.4. The molecule has 0 aromatic heterocycles. The van der Waals surface area contributed by atoms with E-state index in [1.165, 1.54) is 12.1 Å². The second kappa shape index (κ2) is 12.0. The molecule has 214 valence electrons. The average Bonchev–Trinajstić information content (AvgIpc) is 2.85. The maximum Gasteiger partial charge on any atom is 0.416 e. The van der Waals surface area contributed by atoms with Crippen LogP contribution in [-0.4, -0.2) is 36.9 Å². The summed E-state index contributed by atoms with van der Waals surface area (Å²) in [5, 5.41) is 9.64. The quantitative estimate of drug-likeness (QED) is 0.183. The second-order valence-electron chi connectivity index (χ2n) is 11.0. The first-order valence-electron chi connectivity index (χ1n) is 13.2. The van der Waals surface area contributed by atoms with Crippen molar-refractivity contribution in [2.45, 2.75) is 72.0 Å². The van der Waals surface area contributed by atoms with Crippen LogP contribution in [0.2, 0.25) is 0 Å². The van der Waals surface area contributed by atoms with Gasteiger partial charge in [0.05, 0.1) is 19.7 Å². The molecule has 0 fully saturated rings. The van der Waals surface area contributed by atoms with Crippen molar-refractivity contribution < 1.29 is 26.9 Å². The molecule has 3 rings (SSSR count). The van der Waals surface area contributed by atoms with Gasteiger partial charge < -0.3 is 10.6 Å². The highest BCUT2D eigenvalue weighted by molar-refractivity contribution is 5.94. The molecule has 1 aliphatic rings. The van der Waals surface area contributed by atoms with E-state index >= 15 is 0 Å². The molecule has 3 atom stereocenters. The van der Waals surface area contributed by atoms with Crippen LogP contribution in [-0.2, 0) is 6.18 Å². The number of rotatable bonds is 9. The van der Waals surface area contributed by atoms with Crippen LogP contribution < -0.4 is 21.4 Å². The van der Waals surface area contributed by atoms with E-state index in [-0.39, 0.29) is 29.4 Å². The van der Waals surface area contributed by atoms with Crippen LogP contribution in [0.15, 0.2) is 53.9 Å². The van der Waals surface area contributed by atoms with Crippen LogP contribution in [0.25, 0.3) is 0 Å². The number of nitrogens with one attached hydrogen (secondary N) is 4. The predicted octanol–water partition coefficient (Wildman–Crippen LogP) is 5.74. The molecule has 0 bridgehead atoms. The van der Waals surface area contributed by atoms with Gasteiger partial charge in [0, 0.05) is 23.6 Å². The minimum absolute atomic E-state index is 0.00968. The number of alkyl halides is 3. The molecule has 39 heavy (non-hydrogen) atoms.